The lowest BCUT2D eigenvalue weighted by Crippen LogP contribution is -2.32. The molecule has 0 aromatic rings. The summed E-state index contributed by atoms with van der Waals surface area (Å²) >= 11 is 1.78. The maximum absolute atomic E-state index is 11.4. The van der Waals surface area contributed by atoms with Crippen LogP contribution in [0.1, 0.15) is 25.7 Å². The van der Waals surface area contributed by atoms with Gasteiger partial charge >= 0.3 is 0 Å². The van der Waals surface area contributed by atoms with Gasteiger partial charge in [-0.1, -0.05) is 0 Å². The average molecular weight is 202 g/mol. The van der Waals surface area contributed by atoms with Gasteiger partial charge in [0.1, 0.15) is 0 Å². The number of hydrogen-bond donors (Lipinski definition) is 2. The first-order chi connectivity index (χ1) is 6.34. The molecule has 1 saturated heterocycles. The van der Waals surface area contributed by atoms with Gasteiger partial charge in [0.2, 0.25) is 5.91 Å². The molecule has 1 aliphatic rings. The monoisotopic (exact) mass is 202 g/mol. The van der Waals surface area contributed by atoms with Crippen LogP contribution < -0.4 is 11.1 Å². The molecule has 3 nitrogen and oxygen atoms in total. The molecule has 0 bridgehead atoms. The van der Waals surface area contributed by atoms with Crippen LogP contribution in [-0.2, 0) is 4.79 Å². The van der Waals surface area contributed by atoms with Crippen molar-refractivity contribution in [2.75, 3.05) is 18.8 Å². The van der Waals surface area contributed by atoms with Crippen LogP contribution in [0.3, 0.4) is 0 Å². The molecule has 13 heavy (non-hydrogen) atoms. The normalized spacial score (nSPS) is 21.8. The third-order valence-electron chi connectivity index (χ3n) is 2.15. The molecule has 0 aromatic carbocycles. The minimum atomic E-state index is 0.220. The van der Waals surface area contributed by atoms with Gasteiger partial charge in [0.05, 0.1) is 5.25 Å². The Kier molecular flexibility index (Phi) is 5.23. The summed E-state index contributed by atoms with van der Waals surface area (Å²) in [6.07, 6.45) is 4.23. The SMILES string of the molecule is NCCCCNC(=O)C1CCCS1. The molecule has 1 fully saturated rings. The molecule has 1 atom stereocenters. The lowest BCUT2D eigenvalue weighted by molar-refractivity contribution is -0.120. The van der Waals surface area contributed by atoms with Gasteiger partial charge in [-0.2, -0.15) is 0 Å². The summed E-state index contributed by atoms with van der Waals surface area (Å²) < 4.78 is 0. The minimum Gasteiger partial charge on any atom is -0.355 e. The van der Waals surface area contributed by atoms with Crippen molar-refractivity contribution in [3.63, 3.8) is 0 Å². The molecule has 4 heteroatoms. The van der Waals surface area contributed by atoms with Crippen LogP contribution in [0.4, 0.5) is 0 Å². The zero-order valence-corrected chi connectivity index (χ0v) is 8.74. The van der Waals surface area contributed by atoms with Crippen molar-refractivity contribution in [3.8, 4) is 0 Å². The van der Waals surface area contributed by atoms with Crippen LogP contribution in [0.15, 0.2) is 0 Å². The Hall–Kier alpha value is -0.220. The van der Waals surface area contributed by atoms with E-state index in [1.807, 2.05) is 0 Å². The van der Waals surface area contributed by atoms with Crippen LogP contribution in [0, 0.1) is 0 Å². The molecular weight excluding hydrogens is 184 g/mol. The molecule has 0 aromatic heterocycles. The zero-order chi connectivity index (χ0) is 9.52. The van der Waals surface area contributed by atoms with E-state index in [4.69, 9.17) is 5.73 Å². The number of nitrogens with one attached hydrogen (secondary N) is 1. The summed E-state index contributed by atoms with van der Waals surface area (Å²) in [7, 11) is 0. The highest BCUT2D eigenvalue weighted by molar-refractivity contribution is 8.00. The Labute approximate surface area is 83.8 Å². The summed E-state index contributed by atoms with van der Waals surface area (Å²) in [4.78, 5) is 11.4. The van der Waals surface area contributed by atoms with Gasteiger partial charge in [-0.05, 0) is 38.0 Å². The molecule has 0 spiro atoms. The minimum absolute atomic E-state index is 0.220. The molecule has 1 unspecified atom stereocenters. The van der Waals surface area contributed by atoms with Crippen LogP contribution >= 0.6 is 11.8 Å². The molecule has 1 amide bonds. The molecule has 1 aliphatic heterocycles. The Morgan fingerprint density at radius 3 is 3.00 bits per heavy atom. The van der Waals surface area contributed by atoms with E-state index in [0.29, 0.717) is 6.54 Å². The van der Waals surface area contributed by atoms with E-state index >= 15 is 0 Å². The summed E-state index contributed by atoms with van der Waals surface area (Å²) in [6, 6.07) is 0. The molecule has 76 valence electrons. The van der Waals surface area contributed by atoms with Gasteiger partial charge in [0.15, 0.2) is 0 Å². The van der Waals surface area contributed by atoms with Crippen LogP contribution in [0.25, 0.3) is 0 Å². The van der Waals surface area contributed by atoms with Crippen molar-refractivity contribution in [1.82, 2.24) is 5.32 Å². The first kappa shape index (κ1) is 10.9. The predicted molar refractivity (Wildman–Crippen MR) is 56.8 cm³/mol. The third kappa shape index (κ3) is 4.00. The zero-order valence-electron chi connectivity index (χ0n) is 7.92. The van der Waals surface area contributed by atoms with Gasteiger partial charge in [0, 0.05) is 6.54 Å². The lowest BCUT2D eigenvalue weighted by Gasteiger charge is -2.08. The first-order valence-electron chi connectivity index (χ1n) is 4.94. The summed E-state index contributed by atoms with van der Waals surface area (Å²) in [5, 5.41) is 3.16. The number of carbonyl (C=O) groups excluding carboxylic acids is 1. The highest BCUT2D eigenvalue weighted by atomic mass is 32.2. The van der Waals surface area contributed by atoms with E-state index in [1.165, 1.54) is 6.42 Å². The van der Waals surface area contributed by atoms with Gasteiger partial charge in [-0.3, -0.25) is 4.79 Å². The molecule has 0 aliphatic carbocycles. The molecule has 1 rings (SSSR count). The highest BCUT2D eigenvalue weighted by Crippen LogP contribution is 2.25. The van der Waals surface area contributed by atoms with E-state index in [1.54, 1.807) is 11.8 Å². The highest BCUT2D eigenvalue weighted by Gasteiger charge is 2.22. The molecular formula is C9H18N2OS. The standard InChI is InChI=1S/C9H18N2OS/c10-5-1-2-6-11-9(12)8-4-3-7-13-8/h8H,1-7,10H2,(H,11,12). The van der Waals surface area contributed by atoms with E-state index in [-0.39, 0.29) is 11.2 Å². The maximum Gasteiger partial charge on any atom is 0.233 e. The Bertz CT molecular complexity index is 158. The largest absolute Gasteiger partial charge is 0.355 e. The second-order valence-electron chi connectivity index (χ2n) is 3.29. The van der Waals surface area contributed by atoms with E-state index in [2.05, 4.69) is 5.32 Å². The lowest BCUT2D eigenvalue weighted by atomic mass is 10.2. The number of nitrogens with two attached hydrogens (primary N) is 1. The summed E-state index contributed by atoms with van der Waals surface area (Å²) in [5.41, 5.74) is 5.35. The molecule has 0 radical (unpaired) electrons. The quantitative estimate of drug-likeness (QED) is 0.646. The molecule has 1 heterocycles. The van der Waals surface area contributed by atoms with Crippen molar-refractivity contribution >= 4 is 17.7 Å². The summed E-state index contributed by atoms with van der Waals surface area (Å²) in [6.45, 7) is 1.50. The van der Waals surface area contributed by atoms with E-state index in [0.717, 1.165) is 31.6 Å². The number of thioether (sulfide) groups is 1. The van der Waals surface area contributed by atoms with Crippen molar-refractivity contribution < 1.29 is 4.79 Å². The van der Waals surface area contributed by atoms with Crippen molar-refractivity contribution in [2.45, 2.75) is 30.9 Å². The second kappa shape index (κ2) is 6.27. The Morgan fingerprint density at radius 2 is 2.38 bits per heavy atom. The van der Waals surface area contributed by atoms with Crippen molar-refractivity contribution in [2.24, 2.45) is 5.73 Å². The number of hydrogen-bond acceptors (Lipinski definition) is 3. The first-order valence-corrected chi connectivity index (χ1v) is 5.99. The third-order valence-corrected chi connectivity index (χ3v) is 3.53. The smallest absolute Gasteiger partial charge is 0.233 e. The number of rotatable bonds is 5. The van der Waals surface area contributed by atoms with Crippen LogP contribution in [0.2, 0.25) is 0 Å². The molecule has 0 saturated carbocycles. The van der Waals surface area contributed by atoms with Gasteiger partial charge < -0.3 is 11.1 Å². The second-order valence-corrected chi connectivity index (χ2v) is 4.60. The fraction of sp³-hybridized carbons (Fsp3) is 0.889. The average Bonchev–Trinajstić information content (AvgIpc) is 2.65. The maximum atomic E-state index is 11.4. The van der Waals surface area contributed by atoms with Crippen molar-refractivity contribution in [3.05, 3.63) is 0 Å². The fourth-order valence-electron chi connectivity index (χ4n) is 1.38. The summed E-state index contributed by atoms with van der Waals surface area (Å²) in [5.74, 6) is 1.36. The predicted octanol–water partition coefficient (Wildman–Crippen LogP) is 0.737. The number of carbonyl (C=O) groups is 1. The molecule has 3 N–H and O–H groups in total. The van der Waals surface area contributed by atoms with Crippen LogP contribution in [-0.4, -0.2) is 30.0 Å². The topological polar surface area (TPSA) is 55.1 Å². The van der Waals surface area contributed by atoms with E-state index < -0.39 is 0 Å². The van der Waals surface area contributed by atoms with Crippen molar-refractivity contribution in [1.29, 1.82) is 0 Å². The van der Waals surface area contributed by atoms with Gasteiger partial charge in [-0.15, -0.1) is 11.8 Å². The number of amides is 1. The van der Waals surface area contributed by atoms with Crippen LogP contribution in [0.5, 0.6) is 0 Å². The Morgan fingerprint density at radius 1 is 1.54 bits per heavy atom. The fourth-order valence-corrected chi connectivity index (χ4v) is 2.57. The van der Waals surface area contributed by atoms with Gasteiger partial charge in [0.25, 0.3) is 0 Å². The van der Waals surface area contributed by atoms with Gasteiger partial charge in [-0.25, -0.2) is 0 Å². The van der Waals surface area contributed by atoms with E-state index in [9.17, 15) is 4.79 Å². The number of unbranched alkanes of at least 4 members (excludes halogenated alkanes) is 1. The Balaban J connectivity index is 2.03.